The van der Waals surface area contributed by atoms with Gasteiger partial charge >= 0.3 is 0 Å². The molecule has 3 aromatic rings. The first-order valence-corrected chi connectivity index (χ1v) is 9.56. The van der Waals surface area contributed by atoms with E-state index in [1.165, 1.54) is 11.3 Å². The first kappa shape index (κ1) is 17.6. The van der Waals surface area contributed by atoms with Crippen LogP contribution in [-0.4, -0.2) is 28.6 Å². The minimum absolute atomic E-state index is 0.0598. The third-order valence-electron chi connectivity index (χ3n) is 4.32. The van der Waals surface area contributed by atoms with E-state index < -0.39 is 5.92 Å². The Morgan fingerprint density at radius 1 is 1.11 bits per heavy atom. The highest BCUT2D eigenvalue weighted by molar-refractivity contribution is 7.18. The molecule has 1 N–H and O–H groups in total. The number of hydrogen-bond acceptors (Lipinski definition) is 5. The topological polar surface area (TPSA) is 75.2 Å². The first-order valence-electron chi connectivity index (χ1n) is 8.36. The Labute approximate surface area is 164 Å². The summed E-state index contributed by atoms with van der Waals surface area (Å²) in [5.74, 6) is -0.718. The first-order chi connectivity index (χ1) is 13.1. The predicted octanol–water partition coefficient (Wildman–Crippen LogP) is 3.85. The van der Waals surface area contributed by atoms with Crippen LogP contribution in [0.3, 0.4) is 0 Å². The molecule has 0 bridgehead atoms. The van der Waals surface area contributed by atoms with Gasteiger partial charge in [0.25, 0.3) is 0 Å². The Hall–Kier alpha value is -2.77. The summed E-state index contributed by atoms with van der Waals surface area (Å²) in [4.78, 5) is 26.5. The maximum absolute atomic E-state index is 12.6. The van der Waals surface area contributed by atoms with Gasteiger partial charge in [-0.3, -0.25) is 9.59 Å². The van der Waals surface area contributed by atoms with Gasteiger partial charge in [0.15, 0.2) is 5.01 Å². The van der Waals surface area contributed by atoms with E-state index in [0.717, 1.165) is 11.3 Å². The third kappa shape index (κ3) is 3.70. The molecule has 2 aromatic carbocycles. The van der Waals surface area contributed by atoms with Gasteiger partial charge in [-0.1, -0.05) is 59.3 Å². The number of amides is 2. The summed E-state index contributed by atoms with van der Waals surface area (Å²) >= 11 is 7.42. The number of nitrogens with zero attached hydrogens (tertiary/aromatic N) is 3. The molecule has 27 heavy (non-hydrogen) atoms. The van der Waals surface area contributed by atoms with Crippen LogP contribution >= 0.6 is 22.9 Å². The fraction of sp³-hybridized carbons (Fsp3) is 0.158. The fourth-order valence-electron chi connectivity index (χ4n) is 2.97. The lowest BCUT2D eigenvalue weighted by atomic mass is 10.1. The fourth-order valence-corrected chi connectivity index (χ4v) is 4.03. The lowest BCUT2D eigenvalue weighted by Gasteiger charge is -2.16. The third-order valence-corrected chi connectivity index (χ3v) is 5.52. The Bertz CT molecular complexity index is 992. The van der Waals surface area contributed by atoms with Gasteiger partial charge in [0.2, 0.25) is 16.9 Å². The van der Waals surface area contributed by atoms with Crippen LogP contribution in [0, 0.1) is 5.92 Å². The molecule has 0 radical (unpaired) electrons. The number of hydrogen-bond donors (Lipinski definition) is 1. The van der Waals surface area contributed by atoms with Crippen molar-refractivity contribution in [3.8, 4) is 10.6 Å². The monoisotopic (exact) mass is 398 g/mol. The standard InChI is InChI=1S/C19H15ClN4O2S/c20-15-9-5-4-8-14(15)18-22-23-19(27-18)21-17(26)12-10-16(25)24(11-12)13-6-2-1-3-7-13/h1-9,12H,10-11H2,(H,21,23,26). The molecule has 0 saturated carbocycles. The number of para-hydroxylation sites is 1. The van der Waals surface area contributed by atoms with Gasteiger partial charge in [0.1, 0.15) is 0 Å². The molecule has 1 atom stereocenters. The van der Waals surface area contributed by atoms with Crippen LogP contribution in [-0.2, 0) is 9.59 Å². The van der Waals surface area contributed by atoms with Crippen molar-refractivity contribution >= 4 is 45.6 Å². The summed E-state index contributed by atoms with van der Waals surface area (Å²) in [6, 6.07) is 16.7. The Morgan fingerprint density at radius 3 is 2.63 bits per heavy atom. The highest BCUT2D eigenvalue weighted by Gasteiger charge is 2.35. The second-order valence-corrected chi connectivity index (χ2v) is 7.51. The zero-order valence-electron chi connectivity index (χ0n) is 14.1. The predicted molar refractivity (Wildman–Crippen MR) is 106 cm³/mol. The van der Waals surface area contributed by atoms with Crippen LogP contribution in [0.15, 0.2) is 54.6 Å². The van der Waals surface area contributed by atoms with Crippen LogP contribution in [0.25, 0.3) is 10.6 Å². The maximum atomic E-state index is 12.6. The Morgan fingerprint density at radius 2 is 1.85 bits per heavy atom. The molecule has 136 valence electrons. The highest BCUT2D eigenvalue weighted by atomic mass is 35.5. The molecule has 1 aliphatic rings. The number of rotatable bonds is 4. The van der Waals surface area contributed by atoms with Gasteiger partial charge in [0.05, 0.1) is 10.9 Å². The van der Waals surface area contributed by atoms with Crippen LogP contribution in [0.2, 0.25) is 5.02 Å². The molecule has 1 aliphatic heterocycles. The van der Waals surface area contributed by atoms with Crippen molar-refractivity contribution in [1.82, 2.24) is 10.2 Å². The summed E-state index contributed by atoms with van der Waals surface area (Å²) in [5.41, 5.74) is 1.57. The largest absolute Gasteiger partial charge is 0.312 e. The van der Waals surface area contributed by atoms with E-state index >= 15 is 0 Å². The molecule has 6 nitrogen and oxygen atoms in total. The summed E-state index contributed by atoms with van der Waals surface area (Å²) in [7, 11) is 0. The van der Waals surface area contributed by atoms with Gasteiger partial charge in [-0.05, 0) is 18.2 Å². The van der Waals surface area contributed by atoms with E-state index in [-0.39, 0.29) is 18.2 Å². The quantitative estimate of drug-likeness (QED) is 0.724. The van der Waals surface area contributed by atoms with E-state index in [1.807, 2.05) is 48.5 Å². The van der Waals surface area contributed by atoms with Crippen molar-refractivity contribution < 1.29 is 9.59 Å². The molecular formula is C19H15ClN4O2S. The molecule has 1 saturated heterocycles. The second kappa shape index (κ2) is 7.46. The summed E-state index contributed by atoms with van der Waals surface area (Å²) in [6.07, 6.45) is 0.177. The van der Waals surface area contributed by atoms with Crippen molar-refractivity contribution in [3.63, 3.8) is 0 Å². The average Bonchev–Trinajstić information content (AvgIpc) is 3.29. The summed E-state index contributed by atoms with van der Waals surface area (Å²) in [5, 5.41) is 12.5. The normalized spacial score (nSPS) is 16.6. The van der Waals surface area contributed by atoms with Gasteiger partial charge in [0, 0.05) is 24.2 Å². The van der Waals surface area contributed by atoms with Crippen molar-refractivity contribution in [2.24, 2.45) is 5.92 Å². The number of nitrogens with one attached hydrogen (secondary N) is 1. The van der Waals surface area contributed by atoms with Crippen LogP contribution in [0.4, 0.5) is 10.8 Å². The number of carbonyl (C=O) groups is 2. The van der Waals surface area contributed by atoms with Crippen LogP contribution in [0.1, 0.15) is 6.42 Å². The number of carbonyl (C=O) groups excluding carboxylic acids is 2. The van der Waals surface area contributed by atoms with Gasteiger partial charge in [-0.15, -0.1) is 10.2 Å². The van der Waals surface area contributed by atoms with Crippen molar-refractivity contribution in [2.45, 2.75) is 6.42 Å². The molecule has 1 fully saturated rings. The second-order valence-electron chi connectivity index (χ2n) is 6.12. The smallest absolute Gasteiger partial charge is 0.231 e. The molecule has 4 rings (SSSR count). The number of halogens is 1. The molecule has 0 aliphatic carbocycles. The summed E-state index contributed by atoms with van der Waals surface area (Å²) in [6.45, 7) is 0.352. The SMILES string of the molecule is O=C(Nc1nnc(-c2ccccc2Cl)s1)C1CC(=O)N(c2ccccc2)C1. The highest BCUT2D eigenvalue weighted by Crippen LogP contribution is 2.32. The molecule has 8 heteroatoms. The van der Waals surface area contributed by atoms with E-state index in [1.54, 1.807) is 11.0 Å². The Balaban J connectivity index is 1.44. The summed E-state index contributed by atoms with van der Waals surface area (Å²) < 4.78 is 0. The number of benzene rings is 2. The zero-order valence-corrected chi connectivity index (χ0v) is 15.7. The van der Waals surface area contributed by atoms with E-state index in [0.29, 0.717) is 21.7 Å². The zero-order chi connectivity index (χ0) is 18.8. The molecule has 2 amide bonds. The average molecular weight is 399 g/mol. The molecule has 1 aromatic heterocycles. The number of anilines is 2. The lowest BCUT2D eigenvalue weighted by molar-refractivity contribution is -0.122. The minimum Gasteiger partial charge on any atom is -0.312 e. The van der Waals surface area contributed by atoms with Crippen LogP contribution < -0.4 is 10.2 Å². The maximum Gasteiger partial charge on any atom is 0.231 e. The lowest BCUT2D eigenvalue weighted by Crippen LogP contribution is -2.28. The van der Waals surface area contributed by atoms with Crippen molar-refractivity contribution in [3.05, 3.63) is 59.6 Å². The molecule has 0 spiro atoms. The van der Waals surface area contributed by atoms with Crippen molar-refractivity contribution in [1.29, 1.82) is 0 Å². The van der Waals surface area contributed by atoms with E-state index in [4.69, 9.17) is 11.6 Å². The molecule has 2 heterocycles. The van der Waals surface area contributed by atoms with Gasteiger partial charge < -0.3 is 10.2 Å². The van der Waals surface area contributed by atoms with E-state index in [9.17, 15) is 9.59 Å². The van der Waals surface area contributed by atoms with Gasteiger partial charge in [-0.25, -0.2) is 0 Å². The van der Waals surface area contributed by atoms with E-state index in [2.05, 4.69) is 15.5 Å². The molecular weight excluding hydrogens is 384 g/mol. The number of aromatic nitrogens is 2. The van der Waals surface area contributed by atoms with Gasteiger partial charge in [-0.2, -0.15) is 0 Å². The molecule has 1 unspecified atom stereocenters. The van der Waals surface area contributed by atoms with Crippen molar-refractivity contribution in [2.75, 3.05) is 16.8 Å². The Kier molecular flexibility index (Phi) is 4.87. The van der Waals surface area contributed by atoms with Crippen LogP contribution in [0.5, 0.6) is 0 Å². The minimum atomic E-state index is -0.426.